The summed E-state index contributed by atoms with van der Waals surface area (Å²) in [5.74, 6) is 1.55. The lowest BCUT2D eigenvalue weighted by molar-refractivity contribution is 0.0505. The Morgan fingerprint density at radius 3 is 3.00 bits per heavy atom. The summed E-state index contributed by atoms with van der Waals surface area (Å²) < 4.78 is 18.4. The Bertz CT molecular complexity index is 1260. The van der Waals surface area contributed by atoms with Gasteiger partial charge in [0.1, 0.15) is 22.7 Å². The Balaban J connectivity index is 1.21. The third-order valence-corrected chi connectivity index (χ3v) is 6.15. The second kappa shape index (κ2) is 8.64. The molecule has 0 radical (unpaired) electrons. The standard InChI is InChI=1S/C24H26N4O4S/c1-24(2,3)32-22(29)26-16-8-10-28(13-16)14-18-11-15-6-7-17(12-19(15)30-18)31-23-27-21-20(33-23)5-4-9-25-21/h4-7,9,11-12,16H,8,10,13-14H2,1-3H3,(H,26,29). The number of amides is 1. The smallest absolute Gasteiger partial charge is 0.407 e. The maximum absolute atomic E-state index is 12.0. The zero-order valence-electron chi connectivity index (χ0n) is 18.8. The van der Waals surface area contributed by atoms with Crippen molar-refractivity contribution in [2.75, 3.05) is 13.1 Å². The van der Waals surface area contributed by atoms with Gasteiger partial charge in [-0.3, -0.25) is 4.90 Å². The molecule has 1 aromatic carbocycles. The number of nitrogens with one attached hydrogen (secondary N) is 1. The van der Waals surface area contributed by atoms with Crippen LogP contribution in [0.1, 0.15) is 33.0 Å². The molecule has 33 heavy (non-hydrogen) atoms. The fraction of sp³-hybridized carbons (Fsp3) is 0.375. The van der Waals surface area contributed by atoms with Crippen molar-refractivity contribution in [1.82, 2.24) is 20.2 Å². The second-order valence-corrected chi connectivity index (χ2v) is 10.2. The van der Waals surface area contributed by atoms with E-state index in [9.17, 15) is 4.79 Å². The predicted octanol–water partition coefficient (Wildman–Crippen LogP) is 5.33. The van der Waals surface area contributed by atoms with Crippen molar-refractivity contribution in [2.45, 2.75) is 45.4 Å². The van der Waals surface area contributed by atoms with Crippen molar-refractivity contribution in [3.05, 3.63) is 48.4 Å². The number of fused-ring (bicyclic) bond motifs is 2. The predicted molar refractivity (Wildman–Crippen MR) is 127 cm³/mol. The molecule has 0 saturated carbocycles. The van der Waals surface area contributed by atoms with Crippen LogP contribution in [0.2, 0.25) is 0 Å². The molecule has 3 aromatic heterocycles. The third kappa shape index (κ3) is 5.26. The van der Waals surface area contributed by atoms with Gasteiger partial charge in [-0.1, -0.05) is 11.3 Å². The minimum absolute atomic E-state index is 0.0764. The van der Waals surface area contributed by atoms with Crippen LogP contribution in [0, 0.1) is 0 Å². The Morgan fingerprint density at radius 2 is 2.18 bits per heavy atom. The summed E-state index contributed by atoms with van der Waals surface area (Å²) in [5.41, 5.74) is 0.955. The number of rotatable bonds is 5. The molecule has 0 spiro atoms. The van der Waals surface area contributed by atoms with E-state index in [1.165, 1.54) is 11.3 Å². The molecule has 1 fully saturated rings. The molecule has 9 heteroatoms. The van der Waals surface area contributed by atoms with Crippen LogP contribution in [0.5, 0.6) is 10.9 Å². The van der Waals surface area contributed by atoms with E-state index in [1.807, 2.05) is 51.1 Å². The number of likely N-dealkylation sites (tertiary alicyclic amines) is 1. The molecular weight excluding hydrogens is 440 g/mol. The molecule has 1 aliphatic heterocycles. The number of aromatic nitrogens is 2. The van der Waals surface area contributed by atoms with Crippen LogP contribution in [0.4, 0.5) is 4.79 Å². The quantitative estimate of drug-likeness (QED) is 0.425. The summed E-state index contributed by atoms with van der Waals surface area (Å²) in [6.45, 7) is 7.92. The number of benzene rings is 1. The van der Waals surface area contributed by atoms with Crippen LogP contribution in [-0.4, -0.2) is 45.7 Å². The van der Waals surface area contributed by atoms with Gasteiger partial charge in [-0.15, -0.1) is 0 Å². The summed E-state index contributed by atoms with van der Waals surface area (Å²) >= 11 is 1.46. The zero-order chi connectivity index (χ0) is 23.0. The molecule has 1 saturated heterocycles. The van der Waals surface area contributed by atoms with Gasteiger partial charge in [-0.25, -0.2) is 9.78 Å². The zero-order valence-corrected chi connectivity index (χ0v) is 19.6. The molecule has 1 atom stereocenters. The number of furan rings is 1. The SMILES string of the molecule is CC(C)(C)OC(=O)NC1CCN(Cc2cc3ccc(Oc4nc5ncccc5s4)cc3o2)C1. The topological polar surface area (TPSA) is 89.7 Å². The normalized spacial score (nSPS) is 17.0. The number of carbonyl (C=O) groups is 1. The van der Waals surface area contributed by atoms with Crippen LogP contribution < -0.4 is 10.1 Å². The first-order valence-electron chi connectivity index (χ1n) is 10.9. The number of hydrogen-bond acceptors (Lipinski definition) is 8. The summed E-state index contributed by atoms with van der Waals surface area (Å²) in [6.07, 6.45) is 2.24. The number of ether oxygens (including phenoxy) is 2. The lowest BCUT2D eigenvalue weighted by atomic mass is 10.2. The molecule has 4 heterocycles. The molecule has 4 aromatic rings. The Morgan fingerprint density at radius 1 is 1.30 bits per heavy atom. The average molecular weight is 467 g/mol. The van der Waals surface area contributed by atoms with Gasteiger partial charge in [0.25, 0.3) is 5.19 Å². The van der Waals surface area contributed by atoms with Crippen molar-refractivity contribution in [1.29, 1.82) is 0 Å². The largest absolute Gasteiger partial charge is 0.460 e. The Kier molecular flexibility index (Phi) is 5.67. The first kappa shape index (κ1) is 21.7. The molecule has 0 aliphatic carbocycles. The molecular formula is C24H26N4O4S. The van der Waals surface area contributed by atoms with E-state index in [2.05, 4.69) is 26.3 Å². The van der Waals surface area contributed by atoms with E-state index < -0.39 is 5.60 Å². The number of hydrogen-bond donors (Lipinski definition) is 1. The van der Waals surface area contributed by atoms with Gasteiger partial charge >= 0.3 is 6.09 Å². The van der Waals surface area contributed by atoms with Gasteiger partial charge in [0.2, 0.25) is 0 Å². The average Bonchev–Trinajstić information content (AvgIpc) is 3.44. The van der Waals surface area contributed by atoms with Crippen molar-refractivity contribution in [3.63, 3.8) is 0 Å². The minimum Gasteiger partial charge on any atom is -0.460 e. The maximum Gasteiger partial charge on any atom is 0.407 e. The van der Waals surface area contributed by atoms with Crippen molar-refractivity contribution in [3.8, 4) is 10.9 Å². The number of carbonyl (C=O) groups excluding carboxylic acids is 1. The Hall–Kier alpha value is -3.17. The summed E-state index contributed by atoms with van der Waals surface area (Å²) in [4.78, 5) is 23.0. The lowest BCUT2D eigenvalue weighted by Gasteiger charge is -2.22. The van der Waals surface area contributed by atoms with Crippen molar-refractivity contribution < 1.29 is 18.7 Å². The monoisotopic (exact) mass is 466 g/mol. The molecule has 5 rings (SSSR count). The summed E-state index contributed by atoms with van der Waals surface area (Å²) in [7, 11) is 0. The Labute approximate surface area is 195 Å². The van der Waals surface area contributed by atoms with Crippen LogP contribution in [0.15, 0.2) is 47.0 Å². The highest BCUT2D eigenvalue weighted by Gasteiger charge is 2.26. The van der Waals surface area contributed by atoms with E-state index in [0.717, 1.165) is 40.9 Å². The number of pyridine rings is 1. The number of alkyl carbamates (subject to hydrolysis) is 1. The van der Waals surface area contributed by atoms with Gasteiger partial charge in [0, 0.05) is 36.8 Å². The van der Waals surface area contributed by atoms with Crippen LogP contribution in [-0.2, 0) is 11.3 Å². The highest BCUT2D eigenvalue weighted by molar-refractivity contribution is 7.20. The van der Waals surface area contributed by atoms with Crippen LogP contribution >= 0.6 is 11.3 Å². The fourth-order valence-electron chi connectivity index (χ4n) is 3.89. The van der Waals surface area contributed by atoms with Crippen LogP contribution in [0.25, 0.3) is 21.3 Å². The summed E-state index contributed by atoms with van der Waals surface area (Å²) in [6, 6.07) is 11.8. The van der Waals surface area contributed by atoms with Gasteiger partial charge in [-0.05, 0) is 57.5 Å². The molecule has 172 valence electrons. The lowest BCUT2D eigenvalue weighted by Crippen LogP contribution is -2.40. The molecule has 1 N–H and O–H groups in total. The first-order valence-corrected chi connectivity index (χ1v) is 11.8. The highest BCUT2D eigenvalue weighted by atomic mass is 32.1. The highest BCUT2D eigenvalue weighted by Crippen LogP contribution is 2.32. The molecule has 0 bridgehead atoms. The van der Waals surface area contributed by atoms with E-state index in [0.29, 0.717) is 23.1 Å². The summed E-state index contributed by atoms with van der Waals surface area (Å²) in [5, 5.41) is 4.53. The second-order valence-electron chi connectivity index (χ2n) is 9.19. The minimum atomic E-state index is -0.497. The molecule has 1 amide bonds. The van der Waals surface area contributed by atoms with E-state index in [1.54, 1.807) is 6.20 Å². The first-order chi connectivity index (χ1) is 15.8. The maximum atomic E-state index is 12.0. The number of nitrogens with zero attached hydrogens (tertiary/aromatic N) is 3. The van der Waals surface area contributed by atoms with Crippen LogP contribution in [0.3, 0.4) is 0 Å². The van der Waals surface area contributed by atoms with E-state index in [4.69, 9.17) is 13.9 Å². The van der Waals surface area contributed by atoms with Crippen molar-refractivity contribution in [2.24, 2.45) is 0 Å². The molecule has 1 unspecified atom stereocenters. The van der Waals surface area contributed by atoms with Crippen molar-refractivity contribution >= 4 is 38.7 Å². The number of thiazole rings is 1. The van der Waals surface area contributed by atoms with Gasteiger partial charge in [-0.2, -0.15) is 4.98 Å². The third-order valence-electron chi connectivity index (χ3n) is 5.27. The molecule has 1 aliphatic rings. The van der Waals surface area contributed by atoms with E-state index in [-0.39, 0.29) is 12.1 Å². The van der Waals surface area contributed by atoms with Gasteiger partial charge in [0.05, 0.1) is 11.2 Å². The van der Waals surface area contributed by atoms with Gasteiger partial charge < -0.3 is 19.2 Å². The fourth-order valence-corrected chi connectivity index (χ4v) is 4.68. The van der Waals surface area contributed by atoms with Gasteiger partial charge in [0.15, 0.2) is 5.65 Å². The molecule has 8 nitrogen and oxygen atoms in total. The van der Waals surface area contributed by atoms with E-state index >= 15 is 0 Å².